The fraction of sp³-hybridized carbons (Fsp3) is 0.458. The lowest BCUT2D eigenvalue weighted by Crippen LogP contribution is -2.38. The van der Waals surface area contributed by atoms with E-state index in [2.05, 4.69) is 39.8 Å². The molecule has 1 unspecified atom stereocenters. The van der Waals surface area contributed by atoms with Crippen molar-refractivity contribution in [2.24, 2.45) is 4.99 Å². The van der Waals surface area contributed by atoms with Gasteiger partial charge in [-0.1, -0.05) is 36.4 Å². The van der Waals surface area contributed by atoms with Gasteiger partial charge in [-0.2, -0.15) is 0 Å². The lowest BCUT2D eigenvalue weighted by molar-refractivity contribution is 0.0342. The summed E-state index contributed by atoms with van der Waals surface area (Å²) in [7, 11) is 0. The number of nitrogens with one attached hydrogen (secondary N) is 2. The lowest BCUT2D eigenvalue weighted by atomic mass is 10.1. The summed E-state index contributed by atoms with van der Waals surface area (Å²) in [6, 6.07) is 13.9. The monoisotopic (exact) mass is 412 g/mol. The Hall–Kier alpha value is -2.44. The number of aryl methyl sites for hydroxylation is 1. The molecule has 0 spiro atoms. The van der Waals surface area contributed by atoms with Crippen LogP contribution in [0.1, 0.15) is 42.1 Å². The molecule has 30 heavy (non-hydrogen) atoms. The van der Waals surface area contributed by atoms with Crippen molar-refractivity contribution in [1.82, 2.24) is 15.5 Å². The Balaban J connectivity index is 1.63. The van der Waals surface area contributed by atoms with E-state index in [1.807, 2.05) is 26.0 Å². The summed E-state index contributed by atoms with van der Waals surface area (Å²) in [6.45, 7) is 11.7. The molecule has 2 N–H and O–H groups in total. The number of guanidine groups is 1. The number of ether oxygens (including phenoxy) is 1. The predicted molar refractivity (Wildman–Crippen MR) is 120 cm³/mol. The van der Waals surface area contributed by atoms with Gasteiger partial charge in [-0.15, -0.1) is 0 Å². The highest BCUT2D eigenvalue weighted by Crippen LogP contribution is 2.16. The first-order valence-corrected chi connectivity index (χ1v) is 10.7. The average molecular weight is 413 g/mol. The summed E-state index contributed by atoms with van der Waals surface area (Å²) in [6.07, 6.45) is 0. The van der Waals surface area contributed by atoms with Crippen LogP contribution in [0.15, 0.2) is 47.5 Å². The molecule has 5 nitrogen and oxygen atoms in total. The van der Waals surface area contributed by atoms with Crippen LogP contribution in [0.5, 0.6) is 0 Å². The largest absolute Gasteiger partial charge is 0.379 e. The predicted octanol–water partition coefficient (Wildman–Crippen LogP) is 3.78. The number of aliphatic imine (C=N–C) groups is 1. The highest BCUT2D eigenvalue weighted by molar-refractivity contribution is 5.80. The third kappa shape index (κ3) is 6.54. The van der Waals surface area contributed by atoms with Crippen LogP contribution in [0.25, 0.3) is 0 Å². The van der Waals surface area contributed by atoms with Gasteiger partial charge in [0.25, 0.3) is 0 Å². The Morgan fingerprint density at radius 2 is 1.93 bits per heavy atom. The van der Waals surface area contributed by atoms with E-state index in [0.29, 0.717) is 12.1 Å². The molecule has 0 bridgehead atoms. The molecular formula is C24H33FN4O. The Morgan fingerprint density at radius 1 is 1.17 bits per heavy atom. The average Bonchev–Trinajstić information content (AvgIpc) is 2.75. The first kappa shape index (κ1) is 22.2. The van der Waals surface area contributed by atoms with Gasteiger partial charge in [-0.25, -0.2) is 9.38 Å². The van der Waals surface area contributed by atoms with Crippen molar-refractivity contribution in [1.29, 1.82) is 0 Å². The molecule has 0 saturated carbocycles. The van der Waals surface area contributed by atoms with Gasteiger partial charge in [0.05, 0.1) is 25.8 Å². The molecule has 1 aliphatic rings. The molecular weight excluding hydrogens is 379 g/mol. The molecule has 1 atom stereocenters. The Kier molecular flexibility index (Phi) is 8.22. The molecule has 1 aliphatic heterocycles. The summed E-state index contributed by atoms with van der Waals surface area (Å²) in [5.74, 6) is 0.546. The van der Waals surface area contributed by atoms with E-state index in [-0.39, 0.29) is 11.9 Å². The second-order valence-corrected chi connectivity index (χ2v) is 7.78. The van der Waals surface area contributed by atoms with Crippen LogP contribution < -0.4 is 10.6 Å². The van der Waals surface area contributed by atoms with Gasteiger partial charge >= 0.3 is 0 Å². The van der Waals surface area contributed by atoms with Gasteiger partial charge in [-0.05, 0) is 49.1 Å². The van der Waals surface area contributed by atoms with E-state index in [4.69, 9.17) is 9.73 Å². The van der Waals surface area contributed by atoms with Crippen molar-refractivity contribution < 1.29 is 9.13 Å². The Labute approximate surface area is 179 Å². The molecule has 0 amide bonds. The number of benzene rings is 2. The zero-order chi connectivity index (χ0) is 21.3. The summed E-state index contributed by atoms with van der Waals surface area (Å²) in [5.41, 5.74) is 4.03. The van der Waals surface area contributed by atoms with Gasteiger partial charge < -0.3 is 15.4 Å². The Bertz CT molecular complexity index is 849. The molecule has 0 aromatic heterocycles. The molecule has 162 valence electrons. The first-order chi connectivity index (χ1) is 14.5. The third-order valence-electron chi connectivity index (χ3n) is 5.31. The van der Waals surface area contributed by atoms with Gasteiger partial charge in [0.2, 0.25) is 0 Å². The van der Waals surface area contributed by atoms with Crippen LogP contribution in [0.4, 0.5) is 4.39 Å². The third-order valence-corrected chi connectivity index (χ3v) is 5.31. The summed E-state index contributed by atoms with van der Waals surface area (Å²) in [4.78, 5) is 7.16. The van der Waals surface area contributed by atoms with E-state index in [9.17, 15) is 4.39 Å². The minimum atomic E-state index is -0.180. The molecule has 1 fully saturated rings. The fourth-order valence-electron chi connectivity index (χ4n) is 3.50. The Morgan fingerprint density at radius 3 is 2.67 bits per heavy atom. The van der Waals surface area contributed by atoms with E-state index < -0.39 is 0 Å². The van der Waals surface area contributed by atoms with Gasteiger partial charge in [-0.3, -0.25) is 4.90 Å². The van der Waals surface area contributed by atoms with E-state index >= 15 is 0 Å². The van der Waals surface area contributed by atoms with Crippen molar-refractivity contribution >= 4 is 5.96 Å². The summed E-state index contributed by atoms with van der Waals surface area (Å²) < 4.78 is 19.3. The maximum atomic E-state index is 13.9. The molecule has 0 aliphatic carbocycles. The molecule has 3 rings (SSSR count). The van der Waals surface area contributed by atoms with E-state index in [1.165, 1.54) is 11.1 Å². The molecule has 2 aromatic carbocycles. The van der Waals surface area contributed by atoms with Crippen LogP contribution in [-0.4, -0.2) is 43.7 Å². The van der Waals surface area contributed by atoms with E-state index in [1.54, 1.807) is 13.0 Å². The molecule has 6 heteroatoms. The van der Waals surface area contributed by atoms with Crippen LogP contribution in [0, 0.1) is 12.7 Å². The van der Waals surface area contributed by atoms with Crippen molar-refractivity contribution in [3.8, 4) is 0 Å². The highest BCUT2D eigenvalue weighted by atomic mass is 19.1. The molecule has 2 aromatic rings. The van der Waals surface area contributed by atoms with Crippen LogP contribution in [0.3, 0.4) is 0 Å². The zero-order valence-electron chi connectivity index (χ0n) is 18.2. The first-order valence-electron chi connectivity index (χ1n) is 10.7. The number of rotatable bonds is 7. The van der Waals surface area contributed by atoms with E-state index in [0.717, 1.165) is 50.9 Å². The fourth-order valence-corrected chi connectivity index (χ4v) is 3.50. The molecule has 1 heterocycles. The number of hydrogen-bond donors (Lipinski definition) is 2. The molecule has 0 radical (unpaired) electrons. The van der Waals surface area contributed by atoms with Crippen molar-refractivity contribution in [2.45, 2.75) is 39.9 Å². The van der Waals surface area contributed by atoms with Crippen molar-refractivity contribution in [2.75, 3.05) is 32.8 Å². The second kappa shape index (κ2) is 11.1. The molecule has 1 saturated heterocycles. The minimum Gasteiger partial charge on any atom is -0.379 e. The highest BCUT2D eigenvalue weighted by Gasteiger charge is 2.12. The smallest absolute Gasteiger partial charge is 0.192 e. The van der Waals surface area contributed by atoms with Gasteiger partial charge in [0.15, 0.2) is 5.96 Å². The van der Waals surface area contributed by atoms with Gasteiger partial charge in [0, 0.05) is 26.2 Å². The van der Waals surface area contributed by atoms with Gasteiger partial charge in [0.1, 0.15) is 5.82 Å². The SMILES string of the molecule is CCNC(=NCc1cccc(CN2CCOCC2)c1)NC(C)c1ccc(C)c(F)c1. The zero-order valence-corrected chi connectivity index (χ0v) is 18.2. The lowest BCUT2D eigenvalue weighted by Gasteiger charge is -2.26. The number of halogens is 1. The number of hydrogen-bond acceptors (Lipinski definition) is 3. The van der Waals surface area contributed by atoms with Crippen LogP contribution >= 0.6 is 0 Å². The summed E-state index contributed by atoms with van der Waals surface area (Å²) in [5, 5.41) is 6.66. The maximum Gasteiger partial charge on any atom is 0.192 e. The topological polar surface area (TPSA) is 48.9 Å². The normalized spacial score (nSPS) is 16.3. The standard InChI is InChI=1S/C24H33FN4O/c1-4-26-24(28-19(3)22-9-8-18(2)23(25)15-22)27-16-20-6-5-7-21(14-20)17-29-10-12-30-13-11-29/h5-9,14-15,19H,4,10-13,16-17H2,1-3H3,(H2,26,27,28). The maximum absolute atomic E-state index is 13.9. The van der Waals surface area contributed by atoms with Crippen LogP contribution in [-0.2, 0) is 17.8 Å². The van der Waals surface area contributed by atoms with Crippen molar-refractivity contribution in [3.63, 3.8) is 0 Å². The van der Waals surface area contributed by atoms with Crippen LogP contribution in [0.2, 0.25) is 0 Å². The van der Waals surface area contributed by atoms with Crippen molar-refractivity contribution in [3.05, 3.63) is 70.5 Å². The summed E-state index contributed by atoms with van der Waals surface area (Å²) >= 11 is 0. The number of nitrogens with zero attached hydrogens (tertiary/aromatic N) is 2. The number of morpholine rings is 1. The quantitative estimate of drug-likeness (QED) is 0.537. The second-order valence-electron chi connectivity index (χ2n) is 7.78. The minimum absolute atomic E-state index is 0.0504.